The van der Waals surface area contributed by atoms with Gasteiger partial charge in [-0.25, -0.2) is 0 Å². The van der Waals surface area contributed by atoms with Gasteiger partial charge in [0.1, 0.15) is 0 Å². The van der Waals surface area contributed by atoms with E-state index in [-0.39, 0.29) is 0 Å². The number of nitrogens with zero attached hydrogens (tertiary/aromatic N) is 1. The SMILES string of the molecule is Cc1ccc(SC2CCCCCCC2=NO)cc1. The van der Waals surface area contributed by atoms with Crippen LogP contribution in [0.3, 0.4) is 0 Å². The molecule has 1 aromatic rings. The van der Waals surface area contributed by atoms with Crippen LogP contribution in [0.1, 0.15) is 44.1 Å². The van der Waals surface area contributed by atoms with Gasteiger partial charge in [0, 0.05) is 4.90 Å². The molecule has 1 unspecified atom stereocenters. The zero-order chi connectivity index (χ0) is 12.8. The average molecular weight is 263 g/mol. The van der Waals surface area contributed by atoms with Crippen LogP contribution in [0, 0.1) is 6.92 Å². The Kier molecular flexibility index (Phi) is 5.12. The Bertz CT molecular complexity index is 399. The second kappa shape index (κ2) is 6.83. The average Bonchev–Trinajstić information content (AvgIpc) is 2.36. The first-order valence-electron chi connectivity index (χ1n) is 6.74. The smallest absolute Gasteiger partial charge is 0.0704 e. The minimum absolute atomic E-state index is 0.345. The van der Waals surface area contributed by atoms with E-state index in [0.717, 1.165) is 25.0 Å². The third kappa shape index (κ3) is 3.77. The zero-order valence-electron chi connectivity index (χ0n) is 10.9. The summed E-state index contributed by atoms with van der Waals surface area (Å²) in [5.41, 5.74) is 2.26. The maximum absolute atomic E-state index is 9.18. The summed E-state index contributed by atoms with van der Waals surface area (Å²) in [4.78, 5) is 1.27. The molecule has 0 spiro atoms. The van der Waals surface area contributed by atoms with Gasteiger partial charge in [0.2, 0.25) is 0 Å². The molecule has 3 heteroatoms. The minimum Gasteiger partial charge on any atom is -0.411 e. The van der Waals surface area contributed by atoms with E-state index in [1.807, 2.05) is 11.8 Å². The van der Waals surface area contributed by atoms with Crippen molar-refractivity contribution >= 4 is 17.5 Å². The highest BCUT2D eigenvalue weighted by Crippen LogP contribution is 2.31. The Morgan fingerprint density at radius 2 is 1.83 bits per heavy atom. The van der Waals surface area contributed by atoms with Crippen LogP contribution in [0.4, 0.5) is 0 Å². The highest BCUT2D eigenvalue weighted by molar-refractivity contribution is 8.00. The van der Waals surface area contributed by atoms with Gasteiger partial charge in [-0.05, 0) is 38.3 Å². The van der Waals surface area contributed by atoms with E-state index in [1.54, 1.807) is 0 Å². The molecular weight excluding hydrogens is 242 g/mol. The molecule has 0 amide bonds. The largest absolute Gasteiger partial charge is 0.411 e. The topological polar surface area (TPSA) is 32.6 Å². The first-order valence-corrected chi connectivity index (χ1v) is 7.61. The molecule has 1 saturated carbocycles. The van der Waals surface area contributed by atoms with Crippen molar-refractivity contribution in [2.24, 2.45) is 5.16 Å². The van der Waals surface area contributed by atoms with E-state index in [2.05, 4.69) is 36.3 Å². The van der Waals surface area contributed by atoms with Crippen LogP contribution in [0.2, 0.25) is 0 Å². The Hall–Kier alpha value is -0.960. The van der Waals surface area contributed by atoms with Gasteiger partial charge in [0.05, 0.1) is 11.0 Å². The van der Waals surface area contributed by atoms with E-state index in [4.69, 9.17) is 0 Å². The summed E-state index contributed by atoms with van der Waals surface area (Å²) in [5.74, 6) is 0. The molecule has 1 N–H and O–H groups in total. The van der Waals surface area contributed by atoms with E-state index < -0.39 is 0 Å². The van der Waals surface area contributed by atoms with E-state index in [1.165, 1.54) is 29.7 Å². The van der Waals surface area contributed by atoms with Crippen molar-refractivity contribution in [3.63, 3.8) is 0 Å². The highest BCUT2D eigenvalue weighted by atomic mass is 32.2. The normalized spacial score (nSPS) is 23.6. The van der Waals surface area contributed by atoms with Gasteiger partial charge in [-0.15, -0.1) is 11.8 Å². The van der Waals surface area contributed by atoms with Crippen LogP contribution in [-0.2, 0) is 0 Å². The van der Waals surface area contributed by atoms with Gasteiger partial charge >= 0.3 is 0 Å². The van der Waals surface area contributed by atoms with Crippen LogP contribution >= 0.6 is 11.8 Å². The fraction of sp³-hybridized carbons (Fsp3) is 0.533. The molecule has 1 aromatic carbocycles. The number of aryl methyl sites for hydroxylation is 1. The number of rotatable bonds is 2. The fourth-order valence-corrected chi connectivity index (χ4v) is 3.55. The Labute approximate surface area is 113 Å². The fourth-order valence-electron chi connectivity index (χ4n) is 2.34. The Morgan fingerprint density at radius 1 is 1.11 bits per heavy atom. The van der Waals surface area contributed by atoms with Crippen molar-refractivity contribution in [2.45, 2.75) is 55.6 Å². The predicted octanol–water partition coefficient (Wildman–Crippen LogP) is 4.64. The molecule has 1 atom stereocenters. The predicted molar refractivity (Wildman–Crippen MR) is 77.7 cm³/mol. The quantitative estimate of drug-likeness (QED) is 0.622. The molecule has 1 aliphatic carbocycles. The molecule has 0 bridgehead atoms. The van der Waals surface area contributed by atoms with Gasteiger partial charge in [0.25, 0.3) is 0 Å². The lowest BCUT2D eigenvalue weighted by molar-refractivity contribution is 0.315. The first-order chi connectivity index (χ1) is 8.79. The Balaban J connectivity index is 2.06. The van der Waals surface area contributed by atoms with E-state index >= 15 is 0 Å². The summed E-state index contributed by atoms with van der Waals surface area (Å²) in [6.45, 7) is 2.10. The summed E-state index contributed by atoms with van der Waals surface area (Å²) in [7, 11) is 0. The molecule has 18 heavy (non-hydrogen) atoms. The van der Waals surface area contributed by atoms with Gasteiger partial charge in [-0.2, -0.15) is 0 Å². The minimum atomic E-state index is 0.345. The molecule has 0 saturated heterocycles. The van der Waals surface area contributed by atoms with Crippen LogP contribution in [-0.4, -0.2) is 16.2 Å². The number of hydrogen-bond acceptors (Lipinski definition) is 3. The molecule has 0 aromatic heterocycles. The summed E-state index contributed by atoms with van der Waals surface area (Å²) in [6.07, 6.45) is 7.04. The van der Waals surface area contributed by atoms with Crippen molar-refractivity contribution in [1.82, 2.24) is 0 Å². The second-order valence-corrected chi connectivity index (χ2v) is 6.24. The number of oxime groups is 1. The standard InChI is InChI=1S/C15H21NOS/c1-12-8-10-13(11-9-12)18-15-7-5-3-2-4-6-14(15)16-17/h8-11,15,17H,2-7H2,1H3. The van der Waals surface area contributed by atoms with E-state index in [0.29, 0.717) is 5.25 Å². The summed E-state index contributed by atoms with van der Waals surface area (Å²) in [5, 5.41) is 13.1. The highest BCUT2D eigenvalue weighted by Gasteiger charge is 2.19. The van der Waals surface area contributed by atoms with Crippen LogP contribution in [0.25, 0.3) is 0 Å². The van der Waals surface area contributed by atoms with Crippen molar-refractivity contribution < 1.29 is 5.21 Å². The van der Waals surface area contributed by atoms with Gasteiger partial charge in [-0.3, -0.25) is 0 Å². The summed E-state index contributed by atoms with van der Waals surface area (Å²) < 4.78 is 0. The molecule has 2 rings (SSSR count). The molecule has 0 aliphatic heterocycles. The molecule has 98 valence electrons. The maximum Gasteiger partial charge on any atom is 0.0704 e. The number of hydrogen-bond donors (Lipinski definition) is 1. The van der Waals surface area contributed by atoms with Crippen LogP contribution in [0.15, 0.2) is 34.3 Å². The maximum atomic E-state index is 9.18. The molecule has 0 heterocycles. The lowest BCUT2D eigenvalue weighted by Crippen LogP contribution is -2.19. The van der Waals surface area contributed by atoms with Crippen molar-refractivity contribution in [2.75, 3.05) is 0 Å². The Morgan fingerprint density at radius 3 is 2.56 bits per heavy atom. The lowest BCUT2D eigenvalue weighted by atomic mass is 9.99. The van der Waals surface area contributed by atoms with E-state index in [9.17, 15) is 5.21 Å². The van der Waals surface area contributed by atoms with Crippen molar-refractivity contribution in [3.8, 4) is 0 Å². The van der Waals surface area contributed by atoms with Crippen molar-refractivity contribution in [3.05, 3.63) is 29.8 Å². The third-order valence-corrected chi connectivity index (χ3v) is 4.79. The van der Waals surface area contributed by atoms with Gasteiger partial charge < -0.3 is 5.21 Å². The second-order valence-electron chi connectivity index (χ2n) is 4.96. The monoisotopic (exact) mass is 263 g/mol. The van der Waals surface area contributed by atoms with Crippen molar-refractivity contribution in [1.29, 1.82) is 0 Å². The van der Waals surface area contributed by atoms with Gasteiger partial charge in [0.15, 0.2) is 0 Å². The molecule has 1 aliphatic rings. The lowest BCUT2D eigenvalue weighted by Gasteiger charge is -2.20. The van der Waals surface area contributed by atoms with Crippen LogP contribution in [0.5, 0.6) is 0 Å². The number of benzene rings is 1. The molecule has 0 radical (unpaired) electrons. The molecule has 2 nitrogen and oxygen atoms in total. The number of thioether (sulfide) groups is 1. The third-order valence-electron chi connectivity index (χ3n) is 3.45. The summed E-state index contributed by atoms with van der Waals surface area (Å²) in [6, 6.07) is 8.60. The zero-order valence-corrected chi connectivity index (χ0v) is 11.7. The molecule has 1 fully saturated rings. The van der Waals surface area contributed by atoms with Gasteiger partial charge in [-0.1, -0.05) is 42.1 Å². The molecular formula is C15H21NOS. The summed E-state index contributed by atoms with van der Waals surface area (Å²) >= 11 is 1.84. The first kappa shape index (κ1) is 13.5. The van der Waals surface area contributed by atoms with Crippen LogP contribution < -0.4 is 0 Å².